The molecule has 0 saturated carbocycles. The van der Waals surface area contributed by atoms with E-state index in [0.717, 1.165) is 0 Å². The molecule has 4 heavy (non-hydrogen) atoms. The lowest BCUT2D eigenvalue weighted by molar-refractivity contribution is 1.80. The summed E-state index contributed by atoms with van der Waals surface area (Å²) in [5, 5.41) is 0. The van der Waals surface area contributed by atoms with Gasteiger partial charge in [-0.15, -0.1) is 6.58 Å². The van der Waals surface area contributed by atoms with E-state index in [0.29, 0.717) is 0 Å². The predicted molar refractivity (Wildman–Crippen MR) is 22.6 cm³/mol. The van der Waals surface area contributed by atoms with Gasteiger partial charge in [0.05, 0.1) is 0 Å². The molecule has 0 nitrogen and oxygen atoms in total. The van der Waals surface area contributed by atoms with E-state index in [-0.39, 0.29) is 7.43 Å². The van der Waals surface area contributed by atoms with Crippen LogP contribution >= 0.6 is 0 Å². The van der Waals surface area contributed by atoms with Crippen molar-refractivity contribution in [2.45, 2.75) is 14.4 Å². The minimum atomic E-state index is 0. The Bertz CT molecular complexity index is 7.51. The Morgan fingerprint density at radius 2 is 1.75 bits per heavy atom. The first kappa shape index (κ1) is 9.27. The van der Waals surface area contributed by atoms with Gasteiger partial charge in [0.25, 0.3) is 0 Å². The van der Waals surface area contributed by atoms with Gasteiger partial charge in [0.15, 0.2) is 0 Å². The highest BCUT2D eigenvalue weighted by atomic mass is 13.2. The highest BCUT2D eigenvalue weighted by molar-refractivity contribution is 4.51. The van der Waals surface area contributed by atoms with Gasteiger partial charge in [0.2, 0.25) is 0 Å². The van der Waals surface area contributed by atoms with Crippen LogP contribution in [0, 0.1) is 0 Å². The van der Waals surface area contributed by atoms with Crippen LogP contribution in [-0.4, -0.2) is 0 Å². The SMILES string of the molecule is C.C=CC. The lowest BCUT2D eigenvalue weighted by atomic mass is 10.8. The highest BCUT2D eigenvalue weighted by Crippen LogP contribution is 1.38. The molecule has 0 radical (unpaired) electrons. The number of hydrogen-bond acceptors (Lipinski definition) is 0. The Morgan fingerprint density at radius 1 is 1.75 bits per heavy atom. The number of allylic oxidation sites excluding steroid dienone is 1. The van der Waals surface area contributed by atoms with Gasteiger partial charge in [-0.25, -0.2) is 0 Å². The fourth-order valence-electron chi connectivity index (χ4n) is 0. The molecule has 0 fully saturated rings. The van der Waals surface area contributed by atoms with E-state index in [4.69, 9.17) is 0 Å². The molecule has 0 saturated heterocycles. The number of hydrogen-bond donors (Lipinski definition) is 0. The normalized spacial score (nSPS) is 3.25. The summed E-state index contributed by atoms with van der Waals surface area (Å²) in [7, 11) is 0. The maximum atomic E-state index is 3.36. The third kappa shape index (κ3) is 14.1. The molecule has 0 spiro atoms. The smallest absolute Gasteiger partial charge is 0.0473 e. The molecule has 0 amide bonds. The summed E-state index contributed by atoms with van der Waals surface area (Å²) < 4.78 is 0. The Hall–Kier alpha value is -0.260. The Labute approximate surface area is 28.2 Å². The third-order valence-electron chi connectivity index (χ3n) is 0. The second-order valence-electron chi connectivity index (χ2n) is 0.408. The van der Waals surface area contributed by atoms with Crippen LogP contribution in [0.4, 0.5) is 0 Å². The summed E-state index contributed by atoms with van der Waals surface area (Å²) >= 11 is 0. The second-order valence-corrected chi connectivity index (χ2v) is 0.408. The molecule has 0 heteroatoms. The van der Waals surface area contributed by atoms with E-state index in [1.54, 1.807) is 6.08 Å². The highest BCUT2D eigenvalue weighted by Gasteiger charge is 1.15. The molecular weight excluding hydrogens is 48.0 g/mol. The van der Waals surface area contributed by atoms with E-state index in [1.807, 2.05) is 6.92 Å². The van der Waals surface area contributed by atoms with Crippen LogP contribution in [0.25, 0.3) is 0 Å². The van der Waals surface area contributed by atoms with Crippen molar-refractivity contribution < 1.29 is 0 Å². The van der Waals surface area contributed by atoms with Crippen molar-refractivity contribution in [3.8, 4) is 0 Å². The Morgan fingerprint density at radius 3 is 1.75 bits per heavy atom. The fraction of sp³-hybridized carbons (Fsp3) is 0.500. The summed E-state index contributed by atoms with van der Waals surface area (Å²) in [6, 6.07) is 0. The maximum absolute atomic E-state index is 3.36. The Balaban J connectivity index is 0. The third-order valence-corrected chi connectivity index (χ3v) is 0. The number of rotatable bonds is 0. The minimum Gasteiger partial charge on any atom is -0.103 e. The molecule has 0 heterocycles. The van der Waals surface area contributed by atoms with Gasteiger partial charge >= 0.3 is 0 Å². The summed E-state index contributed by atoms with van der Waals surface area (Å²) in [6.07, 6.45) is 1.75. The molecule has 0 unspecified atom stereocenters. The molecule has 0 aliphatic rings. The van der Waals surface area contributed by atoms with E-state index in [2.05, 4.69) is 6.58 Å². The van der Waals surface area contributed by atoms with Crippen molar-refractivity contribution in [1.29, 1.82) is 0 Å². The first-order chi connectivity index (χ1) is 1.41. The van der Waals surface area contributed by atoms with Crippen LogP contribution < -0.4 is 0 Å². The fourth-order valence-corrected chi connectivity index (χ4v) is 0. The molecule has 0 atom stereocenters. The van der Waals surface area contributed by atoms with Crippen LogP contribution in [0.2, 0.25) is 0 Å². The van der Waals surface area contributed by atoms with Gasteiger partial charge in [-0.1, -0.05) is 13.5 Å². The first-order valence-electron chi connectivity index (χ1n) is 0.986. The standard InChI is InChI=1S/C3H6.CH4/c1-3-2;/h3H,1H2,2H3;1H4. The second kappa shape index (κ2) is 15.1. The lowest BCUT2D eigenvalue weighted by Gasteiger charge is -1.31. The molecule has 0 aromatic carbocycles. The van der Waals surface area contributed by atoms with E-state index < -0.39 is 0 Å². The lowest BCUT2D eigenvalue weighted by Crippen LogP contribution is -1.07. The first-order valence-corrected chi connectivity index (χ1v) is 0.986. The average molecular weight is 58.1 g/mol. The monoisotopic (exact) mass is 58.1 g/mol. The van der Waals surface area contributed by atoms with Gasteiger partial charge in [0, 0.05) is 0 Å². The minimum absolute atomic E-state index is 0. The topological polar surface area (TPSA) is 0 Å². The summed E-state index contributed by atoms with van der Waals surface area (Å²) in [5.41, 5.74) is 0. The zero-order chi connectivity index (χ0) is 2.71. The maximum Gasteiger partial charge on any atom is -0.0473 e. The Kier molecular flexibility index (Phi) is 35.1. The van der Waals surface area contributed by atoms with Crippen LogP contribution in [0.3, 0.4) is 0 Å². The zero-order valence-electron chi connectivity index (χ0n) is 2.28. The van der Waals surface area contributed by atoms with Gasteiger partial charge in [0.1, 0.15) is 0 Å². The molecule has 0 aliphatic heterocycles. The van der Waals surface area contributed by atoms with Crippen molar-refractivity contribution in [3.63, 3.8) is 0 Å². The molecule has 0 aromatic rings. The van der Waals surface area contributed by atoms with Crippen LogP contribution in [0.15, 0.2) is 12.7 Å². The van der Waals surface area contributed by atoms with Crippen molar-refractivity contribution in [2.75, 3.05) is 0 Å². The average Bonchev–Trinajstić information content (AvgIpc) is 0.918. The van der Waals surface area contributed by atoms with Crippen molar-refractivity contribution in [1.82, 2.24) is 0 Å². The summed E-state index contributed by atoms with van der Waals surface area (Å²) in [6.45, 7) is 5.25. The van der Waals surface area contributed by atoms with Gasteiger partial charge in [-0.3, -0.25) is 0 Å². The van der Waals surface area contributed by atoms with Crippen LogP contribution in [0.5, 0.6) is 0 Å². The summed E-state index contributed by atoms with van der Waals surface area (Å²) in [4.78, 5) is 0. The van der Waals surface area contributed by atoms with Crippen LogP contribution in [-0.2, 0) is 0 Å². The van der Waals surface area contributed by atoms with Crippen molar-refractivity contribution in [2.24, 2.45) is 0 Å². The van der Waals surface area contributed by atoms with Gasteiger partial charge in [-0.2, -0.15) is 0 Å². The molecule has 0 aliphatic carbocycles. The molecule has 0 bridgehead atoms. The van der Waals surface area contributed by atoms with E-state index in [9.17, 15) is 0 Å². The van der Waals surface area contributed by atoms with Crippen LogP contribution in [0.1, 0.15) is 14.4 Å². The molecule has 26 valence electrons. The molecular formula is C4H10. The zero-order valence-corrected chi connectivity index (χ0v) is 2.28. The summed E-state index contributed by atoms with van der Waals surface area (Å²) in [5.74, 6) is 0. The van der Waals surface area contributed by atoms with Gasteiger partial charge in [-0.05, 0) is 6.92 Å². The van der Waals surface area contributed by atoms with Crippen molar-refractivity contribution >= 4 is 0 Å². The molecule has 0 rings (SSSR count). The quantitative estimate of drug-likeness (QED) is 0.373. The van der Waals surface area contributed by atoms with E-state index >= 15 is 0 Å². The molecule has 0 N–H and O–H groups in total. The predicted octanol–water partition coefficient (Wildman–Crippen LogP) is 1.83. The molecule has 0 aromatic heterocycles. The van der Waals surface area contributed by atoms with Crippen molar-refractivity contribution in [3.05, 3.63) is 12.7 Å². The largest absolute Gasteiger partial charge is 0.103 e. The van der Waals surface area contributed by atoms with Gasteiger partial charge < -0.3 is 0 Å². The van der Waals surface area contributed by atoms with E-state index in [1.165, 1.54) is 0 Å².